The molecule has 2 aliphatic rings. The van der Waals surface area contributed by atoms with E-state index < -0.39 is 5.60 Å². The van der Waals surface area contributed by atoms with Crippen LogP contribution in [-0.4, -0.2) is 56.1 Å². The third kappa shape index (κ3) is 5.88. The summed E-state index contributed by atoms with van der Waals surface area (Å²) >= 11 is 0. The molecular formula is C21H32BNO5. The Balaban J connectivity index is 1.58. The normalized spacial score (nSPS) is 22.7. The number of benzene rings is 1. The van der Waals surface area contributed by atoms with Crippen molar-refractivity contribution in [3.8, 4) is 5.75 Å². The Hall–Kier alpha value is -1.73. The lowest BCUT2D eigenvalue weighted by atomic mass is 9.76. The number of hydrogen-bond donors (Lipinski definition) is 0. The molecule has 0 unspecified atom stereocenters. The number of hydrogen-bond acceptors (Lipinski definition) is 5. The van der Waals surface area contributed by atoms with E-state index in [0.29, 0.717) is 26.3 Å². The fraction of sp³-hybridized carbons (Fsp3) is 0.667. The molecule has 2 aliphatic heterocycles. The largest absolute Gasteiger partial charge is 0.494 e. The fourth-order valence-electron chi connectivity index (χ4n) is 3.34. The topological polar surface area (TPSA) is 57.2 Å². The lowest BCUT2D eigenvalue weighted by Crippen LogP contribution is -2.47. The average Bonchev–Trinajstić information content (AvgIpc) is 2.61. The van der Waals surface area contributed by atoms with E-state index >= 15 is 0 Å². The van der Waals surface area contributed by atoms with Crippen LogP contribution in [0.2, 0.25) is 0 Å². The van der Waals surface area contributed by atoms with E-state index in [-0.39, 0.29) is 24.7 Å². The Morgan fingerprint density at radius 2 is 1.96 bits per heavy atom. The summed E-state index contributed by atoms with van der Waals surface area (Å²) in [6.45, 7) is 12.5. The van der Waals surface area contributed by atoms with Crippen molar-refractivity contribution in [1.29, 1.82) is 0 Å². The number of piperidine rings is 1. The van der Waals surface area contributed by atoms with Gasteiger partial charge in [0, 0.05) is 25.2 Å². The predicted molar refractivity (Wildman–Crippen MR) is 109 cm³/mol. The van der Waals surface area contributed by atoms with E-state index in [1.54, 1.807) is 4.90 Å². The van der Waals surface area contributed by atoms with Crippen LogP contribution in [-0.2, 0) is 14.0 Å². The molecule has 2 saturated heterocycles. The van der Waals surface area contributed by atoms with Gasteiger partial charge in [-0.15, -0.1) is 0 Å². The molecular weight excluding hydrogens is 357 g/mol. The Bertz CT molecular complexity index is 678. The summed E-state index contributed by atoms with van der Waals surface area (Å²) in [5.74, 6) is 0.769. The quantitative estimate of drug-likeness (QED) is 0.743. The lowest BCUT2D eigenvalue weighted by Gasteiger charge is -2.34. The monoisotopic (exact) mass is 389 g/mol. The number of nitrogens with zero attached hydrogens (tertiary/aromatic N) is 1. The van der Waals surface area contributed by atoms with Gasteiger partial charge in [-0.05, 0) is 51.2 Å². The molecule has 1 aromatic carbocycles. The summed E-state index contributed by atoms with van der Waals surface area (Å²) in [7, 11) is -0.360. The van der Waals surface area contributed by atoms with Crippen molar-refractivity contribution in [1.82, 2.24) is 4.90 Å². The third-order valence-corrected chi connectivity index (χ3v) is 4.71. The molecule has 0 bridgehead atoms. The first-order valence-corrected chi connectivity index (χ1v) is 10.1. The zero-order chi connectivity index (χ0) is 20.4. The first-order chi connectivity index (χ1) is 13.1. The fourth-order valence-corrected chi connectivity index (χ4v) is 3.34. The number of likely N-dealkylation sites (tertiary alicyclic amines) is 1. The SMILES string of the molecule is CC1(C)COB(c2cccc(O[C@@H]3CCCN(C(=O)OC(C)(C)C)C3)c2)OC1. The van der Waals surface area contributed by atoms with Crippen LogP contribution in [0.5, 0.6) is 5.75 Å². The summed E-state index contributed by atoms with van der Waals surface area (Å²) < 4.78 is 23.4. The Kier molecular flexibility index (Phi) is 6.25. The molecule has 3 rings (SSSR count). The molecule has 0 saturated carbocycles. The van der Waals surface area contributed by atoms with Crippen LogP contribution < -0.4 is 10.2 Å². The van der Waals surface area contributed by atoms with Crippen molar-refractivity contribution in [2.75, 3.05) is 26.3 Å². The summed E-state index contributed by atoms with van der Waals surface area (Å²) in [5.41, 5.74) is 0.499. The standard InChI is InChI=1S/C21H32BNO5/c1-20(2,3)28-19(24)23-11-7-10-18(13-23)27-17-9-6-8-16(12-17)22-25-14-21(4,5)15-26-22/h6,8-9,12,18H,7,10-11,13-15H2,1-5H3/t18-/m1/s1. The Labute approximate surface area is 168 Å². The van der Waals surface area contributed by atoms with Crippen LogP contribution in [0.4, 0.5) is 4.79 Å². The molecule has 28 heavy (non-hydrogen) atoms. The predicted octanol–water partition coefficient (Wildman–Crippen LogP) is 3.23. The van der Waals surface area contributed by atoms with Gasteiger partial charge in [-0.25, -0.2) is 4.79 Å². The maximum absolute atomic E-state index is 12.3. The maximum Gasteiger partial charge on any atom is 0.494 e. The van der Waals surface area contributed by atoms with Crippen molar-refractivity contribution < 1.29 is 23.6 Å². The minimum Gasteiger partial charge on any atom is -0.489 e. The van der Waals surface area contributed by atoms with Crippen LogP contribution >= 0.6 is 0 Å². The van der Waals surface area contributed by atoms with Gasteiger partial charge in [-0.1, -0.05) is 26.0 Å². The number of carbonyl (C=O) groups excluding carboxylic acids is 1. The van der Waals surface area contributed by atoms with Gasteiger partial charge in [0.05, 0.1) is 6.54 Å². The maximum atomic E-state index is 12.3. The molecule has 6 nitrogen and oxygen atoms in total. The molecule has 0 N–H and O–H groups in total. The number of amides is 1. The minimum absolute atomic E-state index is 0.0395. The van der Waals surface area contributed by atoms with Crippen molar-refractivity contribution >= 4 is 18.7 Å². The van der Waals surface area contributed by atoms with Gasteiger partial charge in [0.2, 0.25) is 0 Å². The van der Waals surface area contributed by atoms with Gasteiger partial charge in [0.15, 0.2) is 0 Å². The lowest BCUT2D eigenvalue weighted by molar-refractivity contribution is 0.00776. The highest BCUT2D eigenvalue weighted by atomic mass is 16.6. The van der Waals surface area contributed by atoms with Crippen LogP contribution in [0.15, 0.2) is 24.3 Å². The third-order valence-electron chi connectivity index (χ3n) is 4.71. The highest BCUT2D eigenvalue weighted by molar-refractivity contribution is 6.61. The second-order valence-corrected chi connectivity index (χ2v) is 9.50. The molecule has 2 heterocycles. The van der Waals surface area contributed by atoms with Crippen molar-refractivity contribution in [2.45, 2.75) is 59.2 Å². The first-order valence-electron chi connectivity index (χ1n) is 10.1. The Morgan fingerprint density at radius 3 is 2.64 bits per heavy atom. The molecule has 2 fully saturated rings. The van der Waals surface area contributed by atoms with Gasteiger partial charge in [-0.3, -0.25) is 0 Å². The van der Waals surface area contributed by atoms with Gasteiger partial charge in [-0.2, -0.15) is 0 Å². The molecule has 0 radical (unpaired) electrons. The van der Waals surface area contributed by atoms with Crippen molar-refractivity contribution in [3.63, 3.8) is 0 Å². The molecule has 7 heteroatoms. The van der Waals surface area contributed by atoms with Crippen LogP contribution in [0.1, 0.15) is 47.5 Å². The Morgan fingerprint density at radius 1 is 1.25 bits per heavy atom. The minimum atomic E-state index is -0.492. The second kappa shape index (κ2) is 8.33. The summed E-state index contributed by atoms with van der Waals surface area (Å²) in [5, 5.41) is 0. The van der Waals surface area contributed by atoms with E-state index in [2.05, 4.69) is 13.8 Å². The molecule has 154 valence electrons. The zero-order valence-electron chi connectivity index (χ0n) is 17.7. The molecule has 1 aromatic rings. The van der Waals surface area contributed by atoms with Crippen molar-refractivity contribution in [3.05, 3.63) is 24.3 Å². The van der Waals surface area contributed by atoms with Gasteiger partial charge >= 0.3 is 13.2 Å². The van der Waals surface area contributed by atoms with E-state index in [0.717, 1.165) is 24.1 Å². The second-order valence-electron chi connectivity index (χ2n) is 9.50. The smallest absolute Gasteiger partial charge is 0.489 e. The molecule has 1 atom stereocenters. The van der Waals surface area contributed by atoms with E-state index in [1.807, 2.05) is 45.0 Å². The highest BCUT2D eigenvalue weighted by Crippen LogP contribution is 2.23. The number of ether oxygens (including phenoxy) is 2. The molecule has 1 amide bonds. The summed E-state index contributed by atoms with van der Waals surface area (Å²) in [6.07, 6.45) is 1.48. The van der Waals surface area contributed by atoms with Gasteiger partial charge in [0.1, 0.15) is 17.5 Å². The van der Waals surface area contributed by atoms with Crippen LogP contribution in [0.25, 0.3) is 0 Å². The van der Waals surface area contributed by atoms with Crippen LogP contribution in [0.3, 0.4) is 0 Å². The van der Waals surface area contributed by atoms with Gasteiger partial charge < -0.3 is 23.7 Å². The van der Waals surface area contributed by atoms with E-state index in [4.69, 9.17) is 18.8 Å². The van der Waals surface area contributed by atoms with E-state index in [9.17, 15) is 4.79 Å². The summed E-state index contributed by atoms with van der Waals surface area (Å²) in [4.78, 5) is 14.1. The van der Waals surface area contributed by atoms with Crippen LogP contribution in [0, 0.1) is 5.41 Å². The van der Waals surface area contributed by atoms with Gasteiger partial charge in [0.25, 0.3) is 0 Å². The van der Waals surface area contributed by atoms with E-state index in [1.165, 1.54) is 0 Å². The zero-order valence-corrected chi connectivity index (χ0v) is 17.7. The highest BCUT2D eigenvalue weighted by Gasteiger charge is 2.34. The summed E-state index contributed by atoms with van der Waals surface area (Å²) in [6, 6.07) is 7.84. The number of rotatable bonds is 3. The average molecular weight is 389 g/mol. The molecule has 0 aliphatic carbocycles. The number of carbonyl (C=O) groups is 1. The first kappa shape index (κ1) is 21.0. The molecule has 0 aromatic heterocycles. The molecule has 0 spiro atoms. The van der Waals surface area contributed by atoms with Crippen molar-refractivity contribution in [2.24, 2.45) is 5.41 Å².